The van der Waals surface area contributed by atoms with E-state index in [1.165, 1.54) is 0 Å². The zero-order valence-electron chi connectivity index (χ0n) is 10.1. The van der Waals surface area contributed by atoms with E-state index < -0.39 is 35.0 Å². The molecule has 9 nitrogen and oxygen atoms in total. The molecule has 0 N–H and O–H groups in total. The van der Waals surface area contributed by atoms with Gasteiger partial charge in [0.1, 0.15) is 0 Å². The molecule has 0 radical (unpaired) electrons. The first-order valence-electron chi connectivity index (χ1n) is 4.95. The van der Waals surface area contributed by atoms with Crippen molar-refractivity contribution in [2.45, 2.75) is 6.54 Å². The van der Waals surface area contributed by atoms with Gasteiger partial charge in [0.05, 0.1) is 14.2 Å². The number of rotatable bonds is 5. The highest BCUT2D eigenvalue weighted by molar-refractivity contribution is 6.33. The molecule has 1 aromatic rings. The van der Waals surface area contributed by atoms with Crippen LogP contribution in [0.4, 0.5) is 5.82 Å². The van der Waals surface area contributed by atoms with Crippen LogP contribution in [0.2, 0.25) is 0 Å². The fraction of sp³-hybridized carbons (Fsp3) is 0.300. The van der Waals surface area contributed by atoms with E-state index in [0.29, 0.717) is 0 Å². The number of ether oxygens (including phenoxy) is 2. The summed E-state index contributed by atoms with van der Waals surface area (Å²) in [6.07, 6.45) is 0. The molecule has 19 heavy (non-hydrogen) atoms. The number of methoxy groups -OCH3 is 2. The van der Waals surface area contributed by atoms with E-state index in [0.717, 1.165) is 30.9 Å². The minimum absolute atomic E-state index is 0.202. The van der Waals surface area contributed by atoms with Gasteiger partial charge in [0.2, 0.25) is 5.69 Å². The Morgan fingerprint density at radius 2 is 1.89 bits per heavy atom. The summed E-state index contributed by atoms with van der Waals surface area (Å²) in [5.74, 6) is -3.53. The highest BCUT2D eigenvalue weighted by atomic mass is 16.6. The molecule has 0 saturated carbocycles. The summed E-state index contributed by atoms with van der Waals surface area (Å²) in [5, 5.41) is 10.8. The molecule has 0 saturated heterocycles. The number of ketones is 1. The van der Waals surface area contributed by atoms with Crippen molar-refractivity contribution in [3.63, 3.8) is 0 Å². The lowest BCUT2D eigenvalue weighted by atomic mass is 10.3. The Balaban J connectivity index is 3.18. The van der Waals surface area contributed by atoms with Gasteiger partial charge in [-0.1, -0.05) is 0 Å². The Bertz CT molecular complexity index is 546. The molecule has 0 aromatic carbocycles. The summed E-state index contributed by atoms with van der Waals surface area (Å²) in [5.41, 5.74) is -0.202. The van der Waals surface area contributed by atoms with Crippen molar-refractivity contribution in [3.8, 4) is 0 Å². The maximum Gasteiger partial charge on any atom is 0.378 e. The normalized spacial score (nSPS) is 9.79. The summed E-state index contributed by atoms with van der Waals surface area (Å²) in [7, 11) is 2.10. The van der Waals surface area contributed by atoms with Gasteiger partial charge < -0.3 is 19.6 Å². The van der Waals surface area contributed by atoms with Gasteiger partial charge in [-0.15, -0.1) is 0 Å². The van der Waals surface area contributed by atoms with E-state index in [1.54, 1.807) is 0 Å². The largest absolute Gasteiger partial charge is 0.463 e. The van der Waals surface area contributed by atoms with E-state index >= 15 is 0 Å². The average Bonchev–Trinajstić information content (AvgIpc) is 2.80. The van der Waals surface area contributed by atoms with Crippen LogP contribution >= 0.6 is 0 Å². The number of hydrogen-bond acceptors (Lipinski definition) is 7. The third-order valence-electron chi connectivity index (χ3n) is 2.25. The van der Waals surface area contributed by atoms with Gasteiger partial charge in [-0.25, -0.2) is 14.2 Å². The van der Waals surface area contributed by atoms with Crippen LogP contribution in [0.15, 0.2) is 12.1 Å². The van der Waals surface area contributed by atoms with E-state index in [1.807, 2.05) is 0 Å². The Morgan fingerprint density at radius 1 is 1.26 bits per heavy atom. The molecular weight excluding hydrogens is 260 g/mol. The van der Waals surface area contributed by atoms with Crippen LogP contribution in [0.3, 0.4) is 0 Å². The van der Waals surface area contributed by atoms with Crippen molar-refractivity contribution < 1.29 is 28.8 Å². The maximum absolute atomic E-state index is 11.4. The molecule has 0 bridgehead atoms. The van der Waals surface area contributed by atoms with Crippen LogP contribution in [0, 0.1) is 10.1 Å². The van der Waals surface area contributed by atoms with Gasteiger partial charge in [-0.2, -0.15) is 0 Å². The molecule has 0 aliphatic rings. The van der Waals surface area contributed by atoms with Crippen LogP contribution < -0.4 is 0 Å². The number of carbonyl (C=O) groups is 3. The molecule has 1 aromatic heterocycles. The van der Waals surface area contributed by atoms with Gasteiger partial charge >= 0.3 is 17.8 Å². The summed E-state index contributed by atoms with van der Waals surface area (Å²) in [6.45, 7) is -0.680. The van der Waals surface area contributed by atoms with Crippen LogP contribution in [0.25, 0.3) is 0 Å². The number of nitrogens with zero attached hydrogens (tertiary/aromatic N) is 2. The molecule has 0 atom stereocenters. The lowest BCUT2D eigenvalue weighted by molar-refractivity contribution is -0.392. The summed E-state index contributed by atoms with van der Waals surface area (Å²) < 4.78 is 9.41. The average molecular weight is 270 g/mol. The number of hydrogen-bond donors (Lipinski definition) is 0. The zero-order valence-corrected chi connectivity index (χ0v) is 10.1. The van der Waals surface area contributed by atoms with Crippen molar-refractivity contribution in [1.29, 1.82) is 0 Å². The Morgan fingerprint density at radius 3 is 2.37 bits per heavy atom. The predicted molar refractivity (Wildman–Crippen MR) is 59.4 cm³/mol. The molecule has 0 amide bonds. The molecule has 0 spiro atoms. The van der Waals surface area contributed by atoms with E-state index in [2.05, 4.69) is 9.47 Å². The minimum Gasteiger partial charge on any atom is -0.463 e. The smallest absolute Gasteiger partial charge is 0.378 e. The molecule has 0 fully saturated rings. The molecular formula is C10H10N2O7. The first kappa shape index (κ1) is 14.4. The summed E-state index contributed by atoms with van der Waals surface area (Å²) >= 11 is 0. The molecule has 1 rings (SSSR count). The van der Waals surface area contributed by atoms with E-state index in [4.69, 9.17) is 0 Å². The molecule has 0 aliphatic carbocycles. The quantitative estimate of drug-likeness (QED) is 0.318. The number of esters is 2. The Hall–Kier alpha value is -2.71. The third kappa shape index (κ3) is 2.94. The Labute approximate surface area is 106 Å². The van der Waals surface area contributed by atoms with Gasteiger partial charge in [0.15, 0.2) is 6.54 Å². The topological polar surface area (TPSA) is 118 Å². The molecule has 9 heteroatoms. The molecule has 0 aliphatic heterocycles. The predicted octanol–water partition coefficient (Wildman–Crippen LogP) is -0.0750. The molecule has 102 valence electrons. The van der Waals surface area contributed by atoms with Gasteiger partial charge in [0, 0.05) is 12.1 Å². The standard InChI is InChI=1S/C10H10N2O7/c1-18-9(14)6-3-4-8(12(16)17)11(6)5-7(13)10(15)19-2/h3-4H,5H2,1-2H3. The lowest BCUT2D eigenvalue weighted by Gasteiger charge is -2.03. The molecule has 0 unspecified atom stereocenters. The van der Waals surface area contributed by atoms with Crippen molar-refractivity contribution >= 4 is 23.5 Å². The maximum atomic E-state index is 11.4. The van der Waals surface area contributed by atoms with Crippen molar-refractivity contribution in [2.75, 3.05) is 14.2 Å². The zero-order chi connectivity index (χ0) is 14.6. The number of Topliss-reactive ketones (excluding diaryl/α,β-unsaturated/α-hetero) is 1. The monoisotopic (exact) mass is 270 g/mol. The summed E-state index contributed by atoms with van der Waals surface area (Å²) in [6, 6.07) is 2.17. The second-order valence-electron chi connectivity index (χ2n) is 3.33. The van der Waals surface area contributed by atoms with Crippen molar-refractivity contribution in [1.82, 2.24) is 4.57 Å². The SMILES string of the molecule is COC(=O)C(=O)Cn1c(C(=O)OC)ccc1[N+](=O)[O-]. The van der Waals surface area contributed by atoms with Crippen LogP contribution in [0.5, 0.6) is 0 Å². The van der Waals surface area contributed by atoms with Crippen molar-refractivity contribution in [2.24, 2.45) is 0 Å². The van der Waals surface area contributed by atoms with Crippen LogP contribution in [0.1, 0.15) is 10.5 Å². The number of nitro groups is 1. The van der Waals surface area contributed by atoms with Crippen LogP contribution in [-0.2, 0) is 25.6 Å². The number of aromatic nitrogens is 1. The fourth-order valence-electron chi connectivity index (χ4n) is 1.39. The highest BCUT2D eigenvalue weighted by Gasteiger charge is 2.28. The highest BCUT2D eigenvalue weighted by Crippen LogP contribution is 2.18. The fourth-order valence-corrected chi connectivity index (χ4v) is 1.39. The third-order valence-corrected chi connectivity index (χ3v) is 2.25. The first-order chi connectivity index (χ1) is 8.92. The number of carbonyl (C=O) groups excluding carboxylic acids is 3. The first-order valence-corrected chi connectivity index (χ1v) is 4.95. The molecule has 1 heterocycles. The van der Waals surface area contributed by atoms with Gasteiger partial charge in [-0.05, 0) is 4.92 Å². The lowest BCUT2D eigenvalue weighted by Crippen LogP contribution is -2.24. The van der Waals surface area contributed by atoms with Crippen molar-refractivity contribution in [3.05, 3.63) is 27.9 Å². The van der Waals surface area contributed by atoms with Gasteiger partial charge in [-0.3, -0.25) is 4.79 Å². The summed E-state index contributed by atoms with van der Waals surface area (Å²) in [4.78, 5) is 43.8. The van der Waals surface area contributed by atoms with Gasteiger partial charge in [0.25, 0.3) is 5.78 Å². The second-order valence-corrected chi connectivity index (χ2v) is 3.33. The second kappa shape index (κ2) is 5.76. The van der Waals surface area contributed by atoms with E-state index in [9.17, 15) is 24.5 Å². The van der Waals surface area contributed by atoms with E-state index in [-0.39, 0.29) is 5.69 Å². The minimum atomic E-state index is -1.15. The Kier molecular flexibility index (Phi) is 4.35. The van der Waals surface area contributed by atoms with Crippen LogP contribution in [-0.4, -0.2) is 41.4 Å².